The van der Waals surface area contributed by atoms with Gasteiger partial charge in [-0.15, -0.1) is 0 Å². The van der Waals surface area contributed by atoms with Crippen molar-refractivity contribution in [3.63, 3.8) is 0 Å². The van der Waals surface area contributed by atoms with Gasteiger partial charge in [0.05, 0.1) is 0 Å². The van der Waals surface area contributed by atoms with Gasteiger partial charge < -0.3 is 9.52 Å². The van der Waals surface area contributed by atoms with E-state index in [1.54, 1.807) is 12.1 Å². The van der Waals surface area contributed by atoms with E-state index in [0.717, 1.165) is 18.2 Å². The Kier molecular flexibility index (Phi) is 6.04. The van der Waals surface area contributed by atoms with Gasteiger partial charge in [-0.1, -0.05) is 38.0 Å². The van der Waals surface area contributed by atoms with Gasteiger partial charge in [0.1, 0.15) is 5.58 Å². The van der Waals surface area contributed by atoms with E-state index in [1.807, 2.05) is 18.2 Å². The maximum absolute atomic E-state index is 10.7. The summed E-state index contributed by atoms with van der Waals surface area (Å²) in [5.41, 5.74) is 0.337. The van der Waals surface area contributed by atoms with Gasteiger partial charge in [0.15, 0.2) is 0 Å². The van der Waals surface area contributed by atoms with Crippen LogP contribution in [0.25, 0.3) is 11.0 Å². The molecule has 92 valence electrons. The maximum atomic E-state index is 10.7. The normalized spacial score (nSPS) is 9.76. The summed E-state index contributed by atoms with van der Waals surface area (Å²) < 4.78 is 4.91. The second kappa shape index (κ2) is 7.63. The molecule has 2 aromatic rings. The van der Waals surface area contributed by atoms with Crippen LogP contribution in [-0.4, -0.2) is 11.7 Å². The van der Waals surface area contributed by atoms with Crippen molar-refractivity contribution in [2.24, 2.45) is 0 Å². The Balaban J connectivity index is 0.000000209. The molecule has 0 spiro atoms. The van der Waals surface area contributed by atoms with Crippen LogP contribution >= 0.6 is 0 Å². The van der Waals surface area contributed by atoms with E-state index >= 15 is 0 Å². The highest BCUT2D eigenvalue weighted by molar-refractivity contribution is 5.75. The first-order valence-electron chi connectivity index (χ1n) is 5.87. The van der Waals surface area contributed by atoms with Crippen molar-refractivity contribution < 1.29 is 9.52 Å². The van der Waals surface area contributed by atoms with Crippen LogP contribution in [0.1, 0.15) is 26.2 Å². The molecule has 1 aromatic heterocycles. The average Bonchev–Trinajstić information content (AvgIpc) is 2.37. The Morgan fingerprint density at radius 1 is 1.12 bits per heavy atom. The fourth-order valence-corrected chi connectivity index (χ4v) is 1.37. The lowest BCUT2D eigenvalue weighted by Crippen LogP contribution is -1.93. The number of hydrogen-bond donors (Lipinski definition) is 1. The minimum absolute atomic E-state index is 0.302. The fraction of sp³-hybridized carbons (Fsp3) is 0.357. The Morgan fingerprint density at radius 2 is 1.88 bits per heavy atom. The summed E-state index contributed by atoms with van der Waals surface area (Å²) in [6.45, 7) is 2.48. The molecule has 0 bridgehead atoms. The molecule has 0 atom stereocenters. The predicted molar refractivity (Wildman–Crippen MR) is 69.1 cm³/mol. The average molecular weight is 234 g/mol. The highest BCUT2D eigenvalue weighted by Crippen LogP contribution is 2.08. The van der Waals surface area contributed by atoms with Crippen molar-refractivity contribution in [1.29, 1.82) is 0 Å². The predicted octanol–water partition coefficient (Wildman–Crippen LogP) is 2.96. The zero-order chi connectivity index (χ0) is 12.5. The molecule has 2 rings (SSSR count). The summed E-state index contributed by atoms with van der Waals surface area (Å²) >= 11 is 0. The molecule has 1 aromatic carbocycles. The Morgan fingerprint density at radius 3 is 2.53 bits per heavy atom. The molecule has 0 aliphatic rings. The molecule has 0 radical (unpaired) electrons. The first kappa shape index (κ1) is 13.5. The van der Waals surface area contributed by atoms with E-state index in [-0.39, 0.29) is 5.63 Å². The lowest BCUT2D eigenvalue weighted by atomic mass is 10.2. The third-order valence-corrected chi connectivity index (χ3v) is 2.29. The molecular formula is C14H18O3. The molecule has 0 saturated heterocycles. The quantitative estimate of drug-likeness (QED) is 0.656. The summed E-state index contributed by atoms with van der Waals surface area (Å²) in [4.78, 5) is 10.7. The number of hydrogen-bond acceptors (Lipinski definition) is 3. The largest absolute Gasteiger partial charge is 0.423 e. The summed E-state index contributed by atoms with van der Waals surface area (Å²) in [5, 5.41) is 9.15. The molecule has 0 amide bonds. The zero-order valence-electron chi connectivity index (χ0n) is 10.1. The molecule has 0 fully saturated rings. The van der Waals surface area contributed by atoms with Gasteiger partial charge in [0, 0.05) is 18.1 Å². The smallest absolute Gasteiger partial charge is 0.336 e. The van der Waals surface area contributed by atoms with Crippen LogP contribution in [0.2, 0.25) is 0 Å². The molecule has 0 aliphatic heterocycles. The number of aliphatic hydroxyl groups is 1. The van der Waals surface area contributed by atoms with Gasteiger partial charge in [-0.05, 0) is 18.6 Å². The van der Waals surface area contributed by atoms with Gasteiger partial charge in [-0.2, -0.15) is 0 Å². The molecule has 3 nitrogen and oxygen atoms in total. The first-order valence-corrected chi connectivity index (χ1v) is 5.87. The lowest BCUT2D eigenvalue weighted by Gasteiger charge is -1.91. The summed E-state index contributed by atoms with van der Waals surface area (Å²) in [6.07, 6.45) is 3.33. The number of benzene rings is 1. The molecule has 1 N–H and O–H groups in total. The van der Waals surface area contributed by atoms with Crippen LogP contribution in [-0.2, 0) is 0 Å². The van der Waals surface area contributed by atoms with Gasteiger partial charge in [-0.3, -0.25) is 0 Å². The van der Waals surface area contributed by atoms with Crippen LogP contribution in [0, 0.1) is 0 Å². The highest BCUT2D eigenvalue weighted by atomic mass is 16.4. The zero-order valence-corrected chi connectivity index (χ0v) is 10.1. The Hall–Kier alpha value is -1.61. The number of para-hydroxylation sites is 1. The van der Waals surface area contributed by atoms with Crippen LogP contribution in [0.3, 0.4) is 0 Å². The standard InChI is InChI=1S/C9H6O2.C5H12O/c10-9-6-5-7-3-1-2-4-8(7)11-9;1-2-3-4-5-6/h1-6H;6H,2-5H2,1H3. The van der Waals surface area contributed by atoms with Gasteiger partial charge >= 0.3 is 5.63 Å². The minimum atomic E-state index is -0.302. The number of unbranched alkanes of at least 4 members (excludes halogenated alkanes) is 2. The second-order valence-electron chi connectivity index (χ2n) is 3.72. The monoisotopic (exact) mass is 234 g/mol. The molecule has 3 heteroatoms. The third kappa shape index (κ3) is 4.83. The Labute approximate surface area is 101 Å². The number of rotatable bonds is 3. The topological polar surface area (TPSA) is 50.4 Å². The summed E-state index contributed by atoms with van der Waals surface area (Å²) in [7, 11) is 0. The van der Waals surface area contributed by atoms with Crippen LogP contribution in [0.5, 0.6) is 0 Å². The van der Waals surface area contributed by atoms with Crippen molar-refractivity contribution in [1.82, 2.24) is 0 Å². The first-order chi connectivity index (χ1) is 8.27. The highest BCUT2D eigenvalue weighted by Gasteiger charge is 1.92. The maximum Gasteiger partial charge on any atom is 0.336 e. The SMILES string of the molecule is CCCCCO.O=c1ccc2ccccc2o1. The fourth-order valence-electron chi connectivity index (χ4n) is 1.37. The Bertz CT molecular complexity index is 484. The van der Waals surface area contributed by atoms with E-state index in [4.69, 9.17) is 9.52 Å². The van der Waals surface area contributed by atoms with Gasteiger partial charge in [0.25, 0.3) is 0 Å². The second-order valence-corrected chi connectivity index (χ2v) is 3.72. The van der Waals surface area contributed by atoms with Crippen molar-refractivity contribution >= 4 is 11.0 Å². The van der Waals surface area contributed by atoms with E-state index < -0.39 is 0 Å². The van der Waals surface area contributed by atoms with Crippen molar-refractivity contribution in [3.05, 3.63) is 46.8 Å². The van der Waals surface area contributed by atoms with Crippen LogP contribution in [0.4, 0.5) is 0 Å². The van der Waals surface area contributed by atoms with E-state index in [1.165, 1.54) is 12.5 Å². The minimum Gasteiger partial charge on any atom is -0.423 e. The molecule has 0 unspecified atom stereocenters. The molecule has 0 aliphatic carbocycles. The molecular weight excluding hydrogens is 216 g/mol. The van der Waals surface area contributed by atoms with Crippen molar-refractivity contribution in [3.8, 4) is 0 Å². The number of fused-ring (bicyclic) bond motifs is 1. The van der Waals surface area contributed by atoms with Crippen LogP contribution in [0.15, 0.2) is 45.6 Å². The van der Waals surface area contributed by atoms with Gasteiger partial charge in [-0.25, -0.2) is 4.79 Å². The van der Waals surface area contributed by atoms with E-state index in [2.05, 4.69) is 6.92 Å². The molecule has 0 saturated carbocycles. The van der Waals surface area contributed by atoms with E-state index in [0.29, 0.717) is 12.2 Å². The van der Waals surface area contributed by atoms with Crippen molar-refractivity contribution in [2.45, 2.75) is 26.2 Å². The molecule has 1 heterocycles. The molecule has 17 heavy (non-hydrogen) atoms. The van der Waals surface area contributed by atoms with Crippen LogP contribution < -0.4 is 5.63 Å². The lowest BCUT2D eigenvalue weighted by molar-refractivity contribution is 0.284. The van der Waals surface area contributed by atoms with Gasteiger partial charge in [0.2, 0.25) is 0 Å². The van der Waals surface area contributed by atoms with Crippen molar-refractivity contribution in [2.75, 3.05) is 6.61 Å². The summed E-state index contributed by atoms with van der Waals surface area (Å²) in [6, 6.07) is 10.6. The van der Waals surface area contributed by atoms with E-state index in [9.17, 15) is 4.79 Å². The number of aliphatic hydroxyl groups excluding tert-OH is 1. The summed E-state index contributed by atoms with van der Waals surface area (Å²) in [5.74, 6) is 0. The third-order valence-electron chi connectivity index (χ3n) is 2.29.